The van der Waals surface area contributed by atoms with Gasteiger partial charge < -0.3 is 25.0 Å². The minimum absolute atomic E-state index is 0.108. The molecule has 0 spiro atoms. The Bertz CT molecular complexity index is 1310. The van der Waals surface area contributed by atoms with Crippen LogP contribution in [0.4, 0.5) is 21.0 Å². The van der Waals surface area contributed by atoms with Crippen LogP contribution in [0.2, 0.25) is 10.0 Å². The maximum Gasteiger partial charge on any atom is 0.410 e. The molecule has 1 saturated heterocycles. The van der Waals surface area contributed by atoms with Crippen molar-refractivity contribution in [3.05, 3.63) is 58.2 Å². The third-order valence-electron chi connectivity index (χ3n) is 5.86. The summed E-state index contributed by atoms with van der Waals surface area (Å²) in [5.41, 5.74) is 7.20. The molecule has 1 atom stereocenters. The largest absolute Gasteiger partial charge is 0.482 e. The van der Waals surface area contributed by atoms with Gasteiger partial charge in [-0.2, -0.15) is 0 Å². The molecule has 1 unspecified atom stereocenters. The lowest BCUT2D eigenvalue weighted by Gasteiger charge is -2.35. The molecule has 0 radical (unpaired) electrons. The fraction of sp³-hybridized carbons (Fsp3) is 0.385. The predicted molar refractivity (Wildman–Crippen MR) is 145 cm³/mol. The third kappa shape index (κ3) is 6.36. The Morgan fingerprint density at radius 2 is 1.68 bits per heavy atom. The summed E-state index contributed by atoms with van der Waals surface area (Å²) in [7, 11) is 0. The van der Waals surface area contributed by atoms with E-state index in [0.29, 0.717) is 48.8 Å². The molecule has 0 saturated carbocycles. The van der Waals surface area contributed by atoms with E-state index in [4.69, 9.17) is 38.4 Å². The Balaban J connectivity index is 1.44. The number of anilines is 2. The van der Waals surface area contributed by atoms with Gasteiger partial charge in [0.25, 0.3) is 0 Å². The van der Waals surface area contributed by atoms with E-state index >= 15 is 0 Å². The third-order valence-corrected chi connectivity index (χ3v) is 6.57. The maximum absolute atomic E-state index is 14.0. The molecule has 1 fully saturated rings. The summed E-state index contributed by atoms with van der Waals surface area (Å²) in [6.45, 7) is 9.43. The molecule has 38 heavy (non-hydrogen) atoms. The lowest BCUT2D eigenvalue weighted by Crippen LogP contribution is -2.50. The van der Waals surface area contributed by atoms with Crippen LogP contribution in [0.3, 0.4) is 0 Å². The maximum atomic E-state index is 14.0. The smallest absolute Gasteiger partial charge is 0.410 e. The van der Waals surface area contributed by atoms with E-state index in [1.54, 1.807) is 36.5 Å². The summed E-state index contributed by atoms with van der Waals surface area (Å²) < 4.78 is 25.4. The van der Waals surface area contributed by atoms with Crippen molar-refractivity contribution in [1.82, 2.24) is 19.9 Å². The van der Waals surface area contributed by atoms with Crippen molar-refractivity contribution >= 4 is 41.1 Å². The monoisotopic (exact) mass is 562 g/mol. The number of amides is 1. The highest BCUT2D eigenvalue weighted by molar-refractivity contribution is 6.36. The molecule has 1 aliphatic heterocycles. The van der Waals surface area contributed by atoms with Crippen molar-refractivity contribution in [2.24, 2.45) is 0 Å². The van der Waals surface area contributed by atoms with Crippen LogP contribution in [-0.2, 0) is 4.74 Å². The Morgan fingerprint density at radius 1 is 1.05 bits per heavy atom. The lowest BCUT2D eigenvalue weighted by atomic mass is 10.1. The number of rotatable bonds is 5. The normalized spacial score (nSPS) is 14.8. The van der Waals surface area contributed by atoms with Gasteiger partial charge in [-0.25, -0.2) is 24.1 Å². The van der Waals surface area contributed by atoms with Gasteiger partial charge in [0.2, 0.25) is 5.95 Å². The van der Waals surface area contributed by atoms with Crippen molar-refractivity contribution in [3.63, 3.8) is 0 Å². The van der Waals surface area contributed by atoms with E-state index in [0.717, 1.165) is 0 Å². The average molecular weight is 563 g/mol. The standard InChI is InChI=1S/C26H29Cl2FN6O3/c1-15(21-18(27)5-6-19(29)22(21)28)37-20-11-16(12-31-23(20)30)17-13-32-24(33-14-17)34-7-9-35(10-8-34)25(36)38-26(2,3)4/h5-6,11-15H,7-10H2,1-4H3,(H2,30,31). The molecule has 4 rings (SSSR count). The zero-order chi connectivity index (χ0) is 27.6. The summed E-state index contributed by atoms with van der Waals surface area (Å²) in [5.74, 6) is 0.407. The highest BCUT2D eigenvalue weighted by Crippen LogP contribution is 2.37. The molecule has 1 amide bonds. The molecular formula is C26H29Cl2FN6O3. The number of aromatic nitrogens is 3. The first-order chi connectivity index (χ1) is 17.9. The number of carbonyl (C=O) groups excluding carboxylic acids is 1. The van der Waals surface area contributed by atoms with Gasteiger partial charge in [0.15, 0.2) is 11.6 Å². The van der Waals surface area contributed by atoms with E-state index in [1.165, 1.54) is 12.1 Å². The summed E-state index contributed by atoms with van der Waals surface area (Å²) in [5, 5.41) is 0.172. The Morgan fingerprint density at radius 3 is 2.32 bits per heavy atom. The molecule has 1 aliphatic rings. The first-order valence-corrected chi connectivity index (χ1v) is 12.8. The van der Waals surface area contributed by atoms with Gasteiger partial charge in [0.1, 0.15) is 17.5 Å². The van der Waals surface area contributed by atoms with Crippen LogP contribution < -0.4 is 15.4 Å². The number of hydrogen-bond donors (Lipinski definition) is 1. The zero-order valence-electron chi connectivity index (χ0n) is 21.5. The lowest BCUT2D eigenvalue weighted by molar-refractivity contribution is 0.0240. The molecule has 2 aromatic heterocycles. The summed E-state index contributed by atoms with van der Waals surface area (Å²) >= 11 is 12.4. The van der Waals surface area contributed by atoms with E-state index in [9.17, 15) is 9.18 Å². The van der Waals surface area contributed by atoms with Crippen molar-refractivity contribution in [1.29, 1.82) is 0 Å². The number of nitrogen functional groups attached to an aromatic ring is 1. The number of hydrogen-bond acceptors (Lipinski definition) is 8. The van der Waals surface area contributed by atoms with Crippen LogP contribution in [0.25, 0.3) is 11.1 Å². The number of halogens is 3. The molecule has 202 valence electrons. The van der Waals surface area contributed by atoms with Crippen molar-refractivity contribution in [2.75, 3.05) is 36.8 Å². The van der Waals surface area contributed by atoms with Crippen molar-refractivity contribution in [2.45, 2.75) is 39.4 Å². The molecule has 1 aromatic carbocycles. The quantitative estimate of drug-likeness (QED) is 0.391. The number of nitrogens with two attached hydrogens (primary N) is 1. The first-order valence-electron chi connectivity index (χ1n) is 12.0. The van der Waals surface area contributed by atoms with E-state index in [-0.39, 0.29) is 27.7 Å². The summed E-state index contributed by atoms with van der Waals surface area (Å²) in [6.07, 6.45) is 3.95. The molecule has 2 N–H and O–H groups in total. The van der Waals surface area contributed by atoms with Gasteiger partial charge in [0, 0.05) is 66.5 Å². The predicted octanol–water partition coefficient (Wildman–Crippen LogP) is 5.76. The number of ether oxygens (including phenoxy) is 2. The Labute approximate surface area is 230 Å². The van der Waals surface area contributed by atoms with Gasteiger partial charge in [-0.1, -0.05) is 23.2 Å². The van der Waals surface area contributed by atoms with Gasteiger partial charge in [0.05, 0.1) is 5.02 Å². The highest BCUT2D eigenvalue weighted by Gasteiger charge is 2.27. The second-order valence-corrected chi connectivity index (χ2v) is 10.6. The molecular weight excluding hydrogens is 534 g/mol. The minimum atomic E-state index is -0.692. The van der Waals surface area contributed by atoms with Gasteiger partial charge in [-0.3, -0.25) is 0 Å². The number of carbonyl (C=O) groups is 1. The molecule has 0 bridgehead atoms. The number of piperazine rings is 1. The minimum Gasteiger partial charge on any atom is -0.482 e. The number of pyridine rings is 1. The second-order valence-electron chi connectivity index (χ2n) is 9.85. The SMILES string of the molecule is CC(Oc1cc(-c2cnc(N3CCN(C(=O)OC(C)(C)C)CC3)nc2)cnc1N)c1c(Cl)ccc(F)c1Cl. The van der Waals surface area contributed by atoms with Crippen LogP contribution in [-0.4, -0.2) is 57.7 Å². The molecule has 12 heteroatoms. The van der Waals surface area contributed by atoms with Crippen LogP contribution in [0.15, 0.2) is 36.8 Å². The molecule has 3 aromatic rings. The number of nitrogens with zero attached hydrogens (tertiary/aromatic N) is 5. The second kappa shape index (κ2) is 11.2. The van der Waals surface area contributed by atoms with E-state index < -0.39 is 17.5 Å². The van der Waals surface area contributed by atoms with Crippen LogP contribution in [0, 0.1) is 5.82 Å². The summed E-state index contributed by atoms with van der Waals surface area (Å²) in [6, 6.07) is 4.33. The highest BCUT2D eigenvalue weighted by atomic mass is 35.5. The van der Waals surface area contributed by atoms with Gasteiger partial charge >= 0.3 is 6.09 Å². The average Bonchev–Trinajstić information content (AvgIpc) is 2.87. The van der Waals surface area contributed by atoms with Crippen molar-refractivity contribution in [3.8, 4) is 16.9 Å². The molecule has 3 heterocycles. The van der Waals surface area contributed by atoms with Gasteiger partial charge in [-0.15, -0.1) is 0 Å². The van der Waals surface area contributed by atoms with E-state index in [2.05, 4.69) is 15.0 Å². The Kier molecular flexibility index (Phi) is 8.13. The van der Waals surface area contributed by atoms with E-state index in [1.807, 2.05) is 25.7 Å². The Hall–Kier alpha value is -3.37. The van der Waals surface area contributed by atoms with Crippen molar-refractivity contribution < 1.29 is 18.7 Å². The topological polar surface area (TPSA) is 107 Å². The molecule has 0 aliphatic carbocycles. The number of benzene rings is 1. The van der Waals surface area contributed by atoms with Crippen LogP contribution in [0.1, 0.15) is 39.4 Å². The summed E-state index contributed by atoms with van der Waals surface area (Å²) in [4.78, 5) is 29.2. The fourth-order valence-electron chi connectivity index (χ4n) is 3.92. The zero-order valence-corrected chi connectivity index (χ0v) is 23.1. The molecule has 9 nitrogen and oxygen atoms in total. The first kappa shape index (κ1) is 27.7. The fourth-order valence-corrected chi connectivity index (χ4v) is 4.60. The van der Waals surface area contributed by atoms with Crippen LogP contribution in [0.5, 0.6) is 5.75 Å². The van der Waals surface area contributed by atoms with Crippen LogP contribution >= 0.6 is 23.2 Å². The van der Waals surface area contributed by atoms with Gasteiger partial charge in [-0.05, 0) is 45.9 Å².